The Balaban J connectivity index is 1.47. The van der Waals surface area contributed by atoms with Crippen molar-refractivity contribution >= 4 is 5.91 Å². The van der Waals surface area contributed by atoms with Crippen molar-refractivity contribution in [2.45, 2.75) is 83.3 Å². The molecular formula is C18H31NO2. The second-order valence-electron chi connectivity index (χ2n) is 7.55. The molecule has 0 aromatic rings. The van der Waals surface area contributed by atoms with Crippen LogP contribution in [0.25, 0.3) is 0 Å². The maximum absolute atomic E-state index is 12.5. The predicted octanol–water partition coefficient (Wildman–Crippen LogP) is 3.76. The Morgan fingerprint density at radius 2 is 1.86 bits per heavy atom. The average Bonchev–Trinajstić information content (AvgIpc) is 3.14. The van der Waals surface area contributed by atoms with E-state index in [4.69, 9.17) is 4.74 Å². The van der Waals surface area contributed by atoms with Crippen molar-refractivity contribution in [3.63, 3.8) is 0 Å². The summed E-state index contributed by atoms with van der Waals surface area (Å²) >= 11 is 0. The highest BCUT2D eigenvalue weighted by atomic mass is 16.5. The highest BCUT2D eigenvalue weighted by Crippen LogP contribution is 2.35. The van der Waals surface area contributed by atoms with Gasteiger partial charge in [0.05, 0.1) is 6.10 Å². The lowest BCUT2D eigenvalue weighted by molar-refractivity contribution is -0.140. The minimum absolute atomic E-state index is 0.252. The number of hydrogen-bond acceptors (Lipinski definition) is 2. The molecule has 0 aromatic heterocycles. The molecule has 0 spiro atoms. The molecule has 0 unspecified atom stereocenters. The fourth-order valence-electron chi connectivity index (χ4n) is 4.74. The van der Waals surface area contributed by atoms with Crippen LogP contribution in [0.3, 0.4) is 0 Å². The smallest absolute Gasteiger partial charge is 0.248 e. The van der Waals surface area contributed by atoms with Gasteiger partial charge in [0.2, 0.25) is 5.91 Å². The van der Waals surface area contributed by atoms with Crippen LogP contribution in [0.15, 0.2) is 0 Å². The Hall–Kier alpha value is -0.570. The Labute approximate surface area is 129 Å². The first-order chi connectivity index (χ1) is 10.2. The minimum atomic E-state index is 0.252. The molecule has 1 heterocycles. The van der Waals surface area contributed by atoms with Crippen molar-refractivity contribution in [1.29, 1.82) is 0 Å². The first kappa shape index (κ1) is 15.3. The Morgan fingerprint density at radius 1 is 1.05 bits per heavy atom. The molecule has 0 aromatic carbocycles. The molecule has 1 aliphatic heterocycles. The van der Waals surface area contributed by atoms with Crippen molar-refractivity contribution in [2.24, 2.45) is 11.8 Å². The number of nitrogens with zero attached hydrogens (tertiary/aromatic N) is 1. The molecule has 3 aliphatic rings. The number of amides is 1. The van der Waals surface area contributed by atoms with E-state index in [1.165, 1.54) is 51.4 Å². The molecule has 1 saturated heterocycles. The van der Waals surface area contributed by atoms with E-state index < -0.39 is 0 Å². The molecule has 3 atom stereocenters. The predicted molar refractivity (Wildman–Crippen MR) is 84.1 cm³/mol. The summed E-state index contributed by atoms with van der Waals surface area (Å²) in [6.45, 7) is 3.58. The second-order valence-corrected chi connectivity index (χ2v) is 7.55. The number of carbonyl (C=O) groups is 1. The number of ether oxygens (including phenoxy) is 1. The van der Waals surface area contributed by atoms with Gasteiger partial charge in [-0.1, -0.05) is 32.6 Å². The lowest BCUT2D eigenvalue weighted by Crippen LogP contribution is -2.42. The van der Waals surface area contributed by atoms with Crippen molar-refractivity contribution in [1.82, 2.24) is 4.90 Å². The van der Waals surface area contributed by atoms with E-state index in [1.54, 1.807) is 0 Å². The fourth-order valence-corrected chi connectivity index (χ4v) is 4.74. The first-order valence-electron chi connectivity index (χ1n) is 9.15. The van der Waals surface area contributed by atoms with E-state index in [1.807, 2.05) is 0 Å². The molecule has 0 bridgehead atoms. The molecule has 0 radical (unpaired) electrons. The Kier molecular flexibility index (Phi) is 5.20. The van der Waals surface area contributed by atoms with Crippen LogP contribution in [0.2, 0.25) is 0 Å². The highest BCUT2D eigenvalue weighted by Gasteiger charge is 2.36. The van der Waals surface area contributed by atoms with Gasteiger partial charge < -0.3 is 9.64 Å². The van der Waals surface area contributed by atoms with Gasteiger partial charge in [-0.3, -0.25) is 4.79 Å². The van der Waals surface area contributed by atoms with Crippen LogP contribution in [0.1, 0.15) is 71.1 Å². The highest BCUT2D eigenvalue weighted by molar-refractivity contribution is 5.78. The maximum Gasteiger partial charge on any atom is 0.248 e. The van der Waals surface area contributed by atoms with Gasteiger partial charge >= 0.3 is 0 Å². The standard InChI is InChI=1S/C18H31NO2/c1-14-6-4-9-16(12-14)21-13-18(20)19-11-5-10-17(19)15-7-2-3-8-15/h14-17H,2-13H2,1H3/t14-,16-,17+/m1/s1. The Morgan fingerprint density at radius 3 is 2.62 bits per heavy atom. The van der Waals surface area contributed by atoms with Crippen molar-refractivity contribution < 1.29 is 9.53 Å². The first-order valence-corrected chi connectivity index (χ1v) is 9.15. The zero-order valence-corrected chi connectivity index (χ0v) is 13.6. The van der Waals surface area contributed by atoms with Crippen LogP contribution in [0.4, 0.5) is 0 Å². The van der Waals surface area contributed by atoms with Gasteiger partial charge in [-0.15, -0.1) is 0 Å². The van der Waals surface area contributed by atoms with Crippen LogP contribution in [0, 0.1) is 11.8 Å². The molecule has 2 aliphatic carbocycles. The topological polar surface area (TPSA) is 29.5 Å². The van der Waals surface area contributed by atoms with Gasteiger partial charge in [0, 0.05) is 12.6 Å². The fraction of sp³-hybridized carbons (Fsp3) is 0.944. The second kappa shape index (κ2) is 7.13. The summed E-state index contributed by atoms with van der Waals surface area (Å²) in [5.41, 5.74) is 0. The van der Waals surface area contributed by atoms with Gasteiger partial charge in [0.15, 0.2) is 0 Å². The largest absolute Gasteiger partial charge is 0.368 e. The molecule has 3 rings (SSSR count). The van der Waals surface area contributed by atoms with Gasteiger partial charge in [0.25, 0.3) is 0 Å². The molecule has 3 fully saturated rings. The lowest BCUT2D eigenvalue weighted by atomic mass is 9.89. The summed E-state index contributed by atoms with van der Waals surface area (Å²) in [6.07, 6.45) is 13.0. The Bertz CT molecular complexity index is 351. The molecule has 1 amide bonds. The maximum atomic E-state index is 12.5. The summed E-state index contributed by atoms with van der Waals surface area (Å²) in [5, 5.41) is 0. The molecule has 0 N–H and O–H groups in total. The quantitative estimate of drug-likeness (QED) is 0.790. The number of likely N-dealkylation sites (tertiary alicyclic amines) is 1. The van der Waals surface area contributed by atoms with Gasteiger partial charge in [-0.2, -0.15) is 0 Å². The van der Waals surface area contributed by atoms with Gasteiger partial charge in [-0.25, -0.2) is 0 Å². The third kappa shape index (κ3) is 3.80. The van der Waals surface area contributed by atoms with Crippen molar-refractivity contribution in [3.8, 4) is 0 Å². The van der Waals surface area contributed by atoms with E-state index in [0.717, 1.165) is 31.2 Å². The monoisotopic (exact) mass is 293 g/mol. The number of rotatable bonds is 4. The van der Waals surface area contributed by atoms with E-state index in [0.29, 0.717) is 18.8 Å². The number of carbonyl (C=O) groups excluding carboxylic acids is 1. The summed E-state index contributed by atoms with van der Waals surface area (Å²) in [4.78, 5) is 14.7. The molecule has 3 nitrogen and oxygen atoms in total. The van der Waals surface area contributed by atoms with Crippen LogP contribution >= 0.6 is 0 Å². The summed E-state index contributed by atoms with van der Waals surface area (Å²) in [6, 6.07) is 0.522. The zero-order valence-electron chi connectivity index (χ0n) is 13.6. The van der Waals surface area contributed by atoms with Crippen LogP contribution < -0.4 is 0 Å². The van der Waals surface area contributed by atoms with Crippen LogP contribution in [-0.2, 0) is 9.53 Å². The zero-order chi connectivity index (χ0) is 14.7. The van der Waals surface area contributed by atoms with Crippen molar-refractivity contribution in [3.05, 3.63) is 0 Å². The minimum Gasteiger partial charge on any atom is -0.368 e. The molecule has 2 saturated carbocycles. The van der Waals surface area contributed by atoms with Gasteiger partial charge in [-0.05, 0) is 50.4 Å². The van der Waals surface area contributed by atoms with E-state index in [2.05, 4.69) is 11.8 Å². The van der Waals surface area contributed by atoms with Crippen molar-refractivity contribution in [2.75, 3.05) is 13.2 Å². The van der Waals surface area contributed by atoms with E-state index in [-0.39, 0.29) is 5.91 Å². The number of hydrogen-bond donors (Lipinski definition) is 0. The molecule has 21 heavy (non-hydrogen) atoms. The lowest BCUT2D eigenvalue weighted by Gasteiger charge is -2.31. The van der Waals surface area contributed by atoms with E-state index >= 15 is 0 Å². The molecule has 120 valence electrons. The summed E-state index contributed by atoms with van der Waals surface area (Å²) in [5.74, 6) is 1.78. The van der Waals surface area contributed by atoms with Crippen LogP contribution in [-0.4, -0.2) is 36.1 Å². The average molecular weight is 293 g/mol. The summed E-state index contributed by atoms with van der Waals surface area (Å²) < 4.78 is 5.95. The third-order valence-electron chi connectivity index (χ3n) is 5.89. The SMILES string of the molecule is C[C@@H]1CCC[C@@H](OCC(=O)N2CCC[C@H]2C2CCCC2)C1. The third-order valence-corrected chi connectivity index (χ3v) is 5.89. The molecular weight excluding hydrogens is 262 g/mol. The molecule has 3 heteroatoms. The van der Waals surface area contributed by atoms with E-state index in [9.17, 15) is 4.79 Å². The normalized spacial score (nSPS) is 34.5. The summed E-state index contributed by atoms with van der Waals surface area (Å²) in [7, 11) is 0. The van der Waals surface area contributed by atoms with Crippen LogP contribution in [0.5, 0.6) is 0 Å². The van der Waals surface area contributed by atoms with Gasteiger partial charge in [0.1, 0.15) is 6.61 Å².